The van der Waals surface area contributed by atoms with Crippen LogP contribution in [0, 0.1) is 0 Å². The summed E-state index contributed by atoms with van der Waals surface area (Å²) in [5.74, 6) is -0.232. The number of hydrogen-bond donors (Lipinski definition) is 13. The van der Waals surface area contributed by atoms with E-state index >= 15 is 0 Å². The Morgan fingerprint density at radius 1 is 1.00 bits per heavy atom. The third-order valence-corrected chi connectivity index (χ3v) is 3.22. The van der Waals surface area contributed by atoms with Crippen molar-refractivity contribution >= 4 is 29.3 Å². The molecular weight excluding hydrogens is 584 g/mol. The van der Waals surface area contributed by atoms with Gasteiger partial charge in [0.15, 0.2) is 6.23 Å². The normalized spacial score (nSPS) is 24.4. The highest BCUT2D eigenvalue weighted by Gasteiger charge is 2.70. The maximum atomic E-state index is 13.1. The Bertz CT molecular complexity index is 964. The lowest BCUT2D eigenvalue weighted by Crippen LogP contribution is -2.58. The Balaban J connectivity index is 0. The van der Waals surface area contributed by atoms with Crippen molar-refractivity contribution in [1.82, 2.24) is 9.55 Å². The van der Waals surface area contributed by atoms with Gasteiger partial charge in [0, 0.05) is 6.20 Å². The van der Waals surface area contributed by atoms with Crippen LogP contribution in [0.3, 0.4) is 0 Å². The molecule has 0 unspecified atom stereocenters. The van der Waals surface area contributed by atoms with E-state index in [4.69, 9.17) is 73.3 Å². The predicted octanol–water partition coefficient (Wildman–Crippen LogP) is -4.42. The van der Waals surface area contributed by atoms with Crippen molar-refractivity contribution in [1.29, 1.82) is 0 Å². The highest BCUT2D eigenvalue weighted by Crippen LogP contribution is 2.47. The van der Waals surface area contributed by atoms with Gasteiger partial charge in [-0.05, 0) is 6.07 Å². The van der Waals surface area contributed by atoms with Gasteiger partial charge in [-0.3, -0.25) is 4.57 Å². The first-order chi connectivity index (χ1) is 15.6. The maximum Gasteiger partial charge on any atom is 0.466 e. The predicted molar refractivity (Wildman–Crippen MR) is 104 cm³/mol. The monoisotopic (exact) mass is 605 g/mol. The summed E-state index contributed by atoms with van der Waals surface area (Å²) in [6, 6.07) is 1.03. The van der Waals surface area contributed by atoms with E-state index in [1.165, 1.54) is 0 Å². The molecule has 1 aliphatic heterocycles. The molecule has 2 heterocycles. The van der Waals surface area contributed by atoms with Crippen LogP contribution < -0.4 is 11.4 Å². The fraction of sp³-hybridized carbons (Fsp3) is 0.600. The number of halogens is 3. The van der Waals surface area contributed by atoms with Gasteiger partial charge < -0.3 is 69.8 Å². The van der Waals surface area contributed by atoms with Crippen LogP contribution >= 0.6 is 23.5 Å². The summed E-state index contributed by atoms with van der Waals surface area (Å²) >= 11 is 0. The number of aromatic nitrogens is 2. The molecule has 4 atom stereocenters. The molecule has 26 heteroatoms. The van der Waals surface area contributed by atoms with Crippen molar-refractivity contribution in [2.75, 3.05) is 12.3 Å². The standard InChI is InChI=1S/C10H12F3N3O5.3H3O4P/c11-10(12,13)9(20)6(18)4(3-17)21-7(9)16-2-1-5(14)15-8(16)19;3*1-5(2,3)4/h1-2,4,6-7,17-18,20H,3H2,(H2,14,15,19);3*(H3,1,2,3,4)/t4-,6-,7-,9+;;;/m1.../s1. The number of nitrogens with two attached hydrogens (primary N) is 1. The molecule has 0 saturated carbocycles. The fourth-order valence-electron chi connectivity index (χ4n) is 2.11. The molecule has 1 aromatic heterocycles. The van der Waals surface area contributed by atoms with Gasteiger partial charge >= 0.3 is 35.3 Å². The molecule has 214 valence electrons. The van der Waals surface area contributed by atoms with E-state index in [1.807, 2.05) is 0 Å². The second kappa shape index (κ2) is 13.4. The van der Waals surface area contributed by atoms with E-state index in [1.54, 1.807) is 0 Å². The van der Waals surface area contributed by atoms with Crippen LogP contribution in [0.1, 0.15) is 6.23 Å². The molecule has 14 N–H and O–H groups in total. The zero-order valence-corrected chi connectivity index (χ0v) is 19.6. The second-order valence-electron chi connectivity index (χ2n) is 6.06. The number of phosphoric acid groups is 3. The summed E-state index contributed by atoms with van der Waals surface area (Å²) in [5.41, 5.74) is 0.245. The molecule has 1 saturated heterocycles. The van der Waals surface area contributed by atoms with Gasteiger partial charge in [0.25, 0.3) is 0 Å². The van der Waals surface area contributed by atoms with Crippen molar-refractivity contribution < 1.29 is 91.0 Å². The van der Waals surface area contributed by atoms with E-state index in [0.29, 0.717) is 4.57 Å². The third kappa shape index (κ3) is 15.0. The van der Waals surface area contributed by atoms with Crippen LogP contribution in [0.2, 0.25) is 0 Å². The number of hydrogen-bond acceptors (Lipinski definition) is 10. The Morgan fingerprint density at radius 2 is 1.36 bits per heavy atom. The third-order valence-electron chi connectivity index (χ3n) is 3.22. The summed E-state index contributed by atoms with van der Waals surface area (Å²) < 4.78 is 71.1. The highest BCUT2D eigenvalue weighted by atomic mass is 31.2. The molecule has 0 bridgehead atoms. The fourth-order valence-corrected chi connectivity index (χ4v) is 2.11. The van der Waals surface area contributed by atoms with Crippen LogP contribution in [0.25, 0.3) is 0 Å². The number of rotatable bonds is 2. The van der Waals surface area contributed by atoms with Crippen molar-refractivity contribution in [2.24, 2.45) is 0 Å². The van der Waals surface area contributed by atoms with E-state index in [-0.39, 0.29) is 5.82 Å². The largest absolute Gasteiger partial charge is 0.466 e. The zero-order valence-electron chi connectivity index (χ0n) is 16.9. The number of nitrogen functional groups attached to an aromatic ring is 1. The molecule has 0 spiro atoms. The van der Waals surface area contributed by atoms with Gasteiger partial charge in [0.05, 0.1) is 6.61 Å². The Kier molecular flexibility index (Phi) is 13.7. The maximum absolute atomic E-state index is 13.1. The lowest BCUT2D eigenvalue weighted by molar-refractivity contribution is -0.304. The molecule has 20 nitrogen and oxygen atoms in total. The van der Waals surface area contributed by atoms with Gasteiger partial charge in [-0.15, -0.1) is 0 Å². The molecule has 0 aromatic carbocycles. The average Bonchev–Trinajstić information content (AvgIpc) is 2.83. The number of nitrogens with zero attached hydrogens (tertiary/aromatic N) is 2. The second-order valence-corrected chi connectivity index (χ2v) is 9.14. The SMILES string of the molecule is Nc1ccn([C@@H]2O[C@H](CO)[C@@H](O)[C@@]2(O)C(F)(F)F)c(=O)n1.O=P(O)(O)O.O=P(O)(O)O.O=P(O)(O)O. The van der Waals surface area contributed by atoms with Crippen LogP contribution in [0.4, 0.5) is 19.0 Å². The van der Waals surface area contributed by atoms with Crippen molar-refractivity contribution in [3.63, 3.8) is 0 Å². The smallest absolute Gasteiger partial charge is 0.394 e. The number of aliphatic hydroxyl groups excluding tert-OH is 2. The average molecular weight is 605 g/mol. The minimum absolute atomic E-state index is 0.232. The Morgan fingerprint density at radius 3 is 1.64 bits per heavy atom. The minimum Gasteiger partial charge on any atom is -0.394 e. The van der Waals surface area contributed by atoms with Gasteiger partial charge in [-0.25, -0.2) is 18.5 Å². The van der Waals surface area contributed by atoms with Crippen LogP contribution in [0.5, 0.6) is 0 Å². The highest BCUT2D eigenvalue weighted by molar-refractivity contribution is 7.45. The molecule has 1 aromatic rings. The topological polar surface area (TPSA) is 364 Å². The zero-order chi connectivity index (χ0) is 29.5. The van der Waals surface area contributed by atoms with Crippen molar-refractivity contribution in [3.05, 3.63) is 22.7 Å². The lowest BCUT2D eigenvalue weighted by Gasteiger charge is -2.33. The first kappa shape index (κ1) is 36.8. The Labute approximate surface area is 196 Å². The van der Waals surface area contributed by atoms with Gasteiger partial charge in [0.2, 0.25) is 5.60 Å². The summed E-state index contributed by atoms with van der Waals surface area (Å²) in [4.78, 5) is 79.5. The first-order valence-electron chi connectivity index (χ1n) is 8.06. The minimum atomic E-state index is -5.32. The number of alkyl halides is 3. The number of ether oxygens (including phenoxy) is 1. The molecule has 0 radical (unpaired) electrons. The summed E-state index contributed by atoms with van der Waals surface area (Å²) in [7, 11) is -13.9. The summed E-state index contributed by atoms with van der Waals surface area (Å²) in [6.45, 7) is -0.979. The van der Waals surface area contributed by atoms with Gasteiger partial charge in [0.1, 0.15) is 18.0 Å². The molecule has 1 fully saturated rings. The molecule has 2 rings (SSSR count). The van der Waals surface area contributed by atoms with Gasteiger partial charge in [-0.2, -0.15) is 18.2 Å². The van der Waals surface area contributed by atoms with Crippen LogP contribution in [-0.4, -0.2) is 99.5 Å². The van der Waals surface area contributed by atoms with E-state index in [0.717, 1.165) is 12.3 Å². The van der Waals surface area contributed by atoms with E-state index in [9.17, 15) is 28.2 Å². The number of anilines is 1. The molecule has 1 aliphatic rings. The molecular formula is C10H21F3N3O17P3. The van der Waals surface area contributed by atoms with Gasteiger partial charge in [-0.1, -0.05) is 0 Å². The van der Waals surface area contributed by atoms with Crippen LogP contribution in [-0.2, 0) is 18.4 Å². The van der Waals surface area contributed by atoms with E-state index < -0.39 is 66.0 Å². The first-order valence-corrected chi connectivity index (χ1v) is 12.8. The quantitative estimate of drug-likeness (QED) is 0.141. The number of aliphatic hydroxyl groups is 3. The molecule has 0 aliphatic carbocycles. The summed E-state index contributed by atoms with van der Waals surface area (Å²) in [5, 5.41) is 28.4. The van der Waals surface area contributed by atoms with Crippen molar-refractivity contribution in [3.8, 4) is 0 Å². The Hall–Kier alpha value is -1.36. The van der Waals surface area contributed by atoms with E-state index in [2.05, 4.69) is 4.98 Å². The van der Waals surface area contributed by atoms with Crippen LogP contribution in [0.15, 0.2) is 17.1 Å². The molecule has 36 heavy (non-hydrogen) atoms. The molecule has 0 amide bonds. The summed E-state index contributed by atoms with van der Waals surface area (Å²) in [6.07, 6.45) is -11.0. The van der Waals surface area contributed by atoms with Crippen molar-refractivity contribution in [2.45, 2.75) is 30.2 Å². The lowest BCUT2D eigenvalue weighted by atomic mass is 9.93.